The smallest absolute Gasteiger partial charge is 0.309 e. The lowest BCUT2D eigenvalue weighted by Crippen LogP contribution is -2.16. The molecule has 0 aliphatic rings. The molecule has 0 spiro atoms. The summed E-state index contributed by atoms with van der Waals surface area (Å²) in [5, 5.41) is 2.10. The Kier molecular flexibility index (Phi) is 4.15. The van der Waals surface area contributed by atoms with Gasteiger partial charge in [-0.1, -0.05) is 17.7 Å². The van der Waals surface area contributed by atoms with Crippen molar-refractivity contribution in [3.63, 3.8) is 0 Å². The van der Waals surface area contributed by atoms with Gasteiger partial charge in [0, 0.05) is 18.6 Å². The van der Waals surface area contributed by atoms with Gasteiger partial charge in [0.05, 0.1) is 22.7 Å². The van der Waals surface area contributed by atoms with Gasteiger partial charge in [-0.15, -0.1) is 0 Å². The van der Waals surface area contributed by atoms with Crippen molar-refractivity contribution in [3.05, 3.63) is 59.1 Å². The van der Waals surface area contributed by atoms with Crippen molar-refractivity contribution >= 4 is 29.0 Å². The lowest BCUT2D eigenvalue weighted by atomic mass is 10.2. The summed E-state index contributed by atoms with van der Waals surface area (Å²) in [6.45, 7) is 0. The first kappa shape index (κ1) is 16.3. The number of aromatic nitrogens is 3. The van der Waals surface area contributed by atoms with E-state index in [0.717, 1.165) is 6.07 Å². The zero-order chi connectivity index (χ0) is 17.3. The molecule has 0 aliphatic heterocycles. The van der Waals surface area contributed by atoms with Crippen LogP contribution in [0.1, 0.15) is 11.3 Å². The molecule has 1 N–H and O–H groups in total. The van der Waals surface area contributed by atoms with Gasteiger partial charge in [0.1, 0.15) is 5.65 Å². The number of hydrogen-bond acceptors (Lipinski definition) is 3. The molecule has 0 unspecified atom stereocenters. The molecule has 0 aromatic carbocycles. The van der Waals surface area contributed by atoms with Crippen molar-refractivity contribution in [3.8, 4) is 0 Å². The molecule has 0 atom stereocenters. The molecule has 24 heavy (non-hydrogen) atoms. The highest BCUT2D eigenvalue weighted by molar-refractivity contribution is 6.33. The highest BCUT2D eigenvalue weighted by Crippen LogP contribution is 2.32. The topological polar surface area (TPSA) is 59.3 Å². The van der Waals surface area contributed by atoms with Gasteiger partial charge >= 0.3 is 6.18 Å². The van der Waals surface area contributed by atoms with Gasteiger partial charge in [0.2, 0.25) is 5.91 Å². The Hall–Kier alpha value is -2.61. The van der Waals surface area contributed by atoms with Crippen LogP contribution >= 0.6 is 11.6 Å². The second-order valence-corrected chi connectivity index (χ2v) is 5.38. The molecule has 3 aromatic heterocycles. The van der Waals surface area contributed by atoms with E-state index in [1.54, 1.807) is 22.9 Å². The van der Waals surface area contributed by atoms with Crippen LogP contribution in [-0.4, -0.2) is 20.3 Å². The highest BCUT2D eigenvalue weighted by atomic mass is 35.5. The van der Waals surface area contributed by atoms with Gasteiger partial charge in [0.15, 0.2) is 5.82 Å². The number of hydrogen-bond donors (Lipinski definition) is 1. The summed E-state index contributed by atoms with van der Waals surface area (Å²) >= 11 is 5.75. The van der Waals surface area contributed by atoms with E-state index < -0.39 is 17.6 Å². The molecule has 3 heterocycles. The predicted molar refractivity (Wildman–Crippen MR) is 81.8 cm³/mol. The van der Waals surface area contributed by atoms with Gasteiger partial charge < -0.3 is 9.72 Å². The van der Waals surface area contributed by atoms with Crippen LogP contribution in [0.15, 0.2) is 42.9 Å². The van der Waals surface area contributed by atoms with E-state index in [4.69, 9.17) is 11.6 Å². The third-order valence-electron chi connectivity index (χ3n) is 3.18. The molecule has 0 saturated carbocycles. The van der Waals surface area contributed by atoms with Crippen LogP contribution in [0.25, 0.3) is 5.65 Å². The Bertz CT molecular complexity index is 874. The molecule has 9 heteroatoms. The van der Waals surface area contributed by atoms with Crippen LogP contribution in [-0.2, 0) is 17.4 Å². The van der Waals surface area contributed by atoms with Crippen LogP contribution in [0, 0.1) is 0 Å². The third kappa shape index (κ3) is 3.48. The normalized spacial score (nSPS) is 11.7. The molecule has 0 aliphatic carbocycles. The monoisotopic (exact) mass is 354 g/mol. The Morgan fingerprint density at radius 1 is 1.33 bits per heavy atom. The molecule has 0 bridgehead atoms. The van der Waals surface area contributed by atoms with E-state index in [-0.39, 0.29) is 17.3 Å². The molecular formula is C15H10ClF3N4O. The van der Waals surface area contributed by atoms with E-state index in [1.165, 1.54) is 0 Å². The Morgan fingerprint density at radius 2 is 2.12 bits per heavy atom. The lowest BCUT2D eigenvalue weighted by molar-refractivity contribution is -0.137. The van der Waals surface area contributed by atoms with Crippen molar-refractivity contribution in [2.75, 3.05) is 5.32 Å². The minimum atomic E-state index is -4.55. The fourth-order valence-corrected chi connectivity index (χ4v) is 2.31. The second-order valence-electron chi connectivity index (χ2n) is 4.98. The fraction of sp³-hybridized carbons (Fsp3) is 0.133. The number of imidazole rings is 1. The highest BCUT2D eigenvalue weighted by Gasteiger charge is 2.31. The van der Waals surface area contributed by atoms with Gasteiger partial charge in [-0.25, -0.2) is 9.97 Å². The number of fused-ring (bicyclic) bond motifs is 1. The first-order chi connectivity index (χ1) is 11.3. The predicted octanol–water partition coefficient (Wildman–Crippen LogP) is 3.58. The van der Waals surface area contributed by atoms with Crippen molar-refractivity contribution < 1.29 is 18.0 Å². The summed E-state index contributed by atoms with van der Waals surface area (Å²) in [5.74, 6) is -0.606. The first-order valence-electron chi connectivity index (χ1n) is 6.78. The summed E-state index contributed by atoms with van der Waals surface area (Å²) in [7, 11) is 0. The Balaban J connectivity index is 1.72. The SMILES string of the molecule is O=C(Cc1cn2ccccc2n1)Nc1ncc(C(F)(F)F)cc1Cl. The van der Waals surface area contributed by atoms with Crippen molar-refractivity contribution in [2.45, 2.75) is 12.6 Å². The third-order valence-corrected chi connectivity index (χ3v) is 3.47. The van der Waals surface area contributed by atoms with Crippen molar-refractivity contribution in [1.29, 1.82) is 0 Å². The van der Waals surface area contributed by atoms with Crippen LogP contribution in [0.5, 0.6) is 0 Å². The molecule has 3 rings (SSSR count). The molecule has 5 nitrogen and oxygen atoms in total. The van der Waals surface area contributed by atoms with Gasteiger partial charge in [-0.3, -0.25) is 4.79 Å². The van der Waals surface area contributed by atoms with Crippen LogP contribution in [0.4, 0.5) is 19.0 Å². The summed E-state index contributed by atoms with van der Waals surface area (Å²) in [6.07, 6.45) is -0.502. The molecule has 0 radical (unpaired) electrons. The molecular weight excluding hydrogens is 345 g/mol. The Labute approximate surface area is 139 Å². The van der Waals surface area contributed by atoms with E-state index >= 15 is 0 Å². The standard InChI is InChI=1S/C15H10ClF3N4O/c16-11-5-9(15(17,18)19)7-20-14(11)22-13(24)6-10-8-23-4-2-1-3-12(23)21-10/h1-5,7-8H,6H2,(H,20,22,24). The number of alkyl halides is 3. The number of anilines is 1. The number of nitrogens with zero attached hydrogens (tertiary/aromatic N) is 3. The largest absolute Gasteiger partial charge is 0.417 e. The lowest BCUT2D eigenvalue weighted by Gasteiger charge is -2.09. The number of halogens is 4. The van der Waals surface area contributed by atoms with E-state index in [2.05, 4.69) is 15.3 Å². The first-order valence-corrected chi connectivity index (χ1v) is 7.16. The van der Waals surface area contributed by atoms with Crippen molar-refractivity contribution in [1.82, 2.24) is 14.4 Å². The minimum absolute atomic E-state index is 0.0549. The molecule has 1 amide bonds. The number of nitrogens with one attached hydrogen (secondary N) is 1. The van der Waals surface area contributed by atoms with E-state index in [9.17, 15) is 18.0 Å². The van der Waals surface area contributed by atoms with E-state index in [1.807, 2.05) is 12.1 Å². The van der Waals surface area contributed by atoms with E-state index in [0.29, 0.717) is 17.5 Å². The minimum Gasteiger partial charge on any atom is -0.309 e. The maximum atomic E-state index is 12.6. The van der Waals surface area contributed by atoms with Gasteiger partial charge in [-0.2, -0.15) is 13.2 Å². The quantitative estimate of drug-likeness (QED) is 0.782. The summed E-state index contributed by atoms with van der Waals surface area (Å²) in [5.41, 5.74) is 0.221. The van der Waals surface area contributed by atoms with Crippen LogP contribution in [0.3, 0.4) is 0 Å². The number of carbonyl (C=O) groups excluding carboxylic acids is 1. The second kappa shape index (κ2) is 6.12. The summed E-state index contributed by atoms with van der Waals surface area (Å²) < 4.78 is 39.4. The average Bonchev–Trinajstić information content (AvgIpc) is 2.90. The van der Waals surface area contributed by atoms with Crippen molar-refractivity contribution in [2.24, 2.45) is 0 Å². The number of carbonyl (C=O) groups is 1. The summed E-state index contributed by atoms with van der Waals surface area (Å²) in [4.78, 5) is 19.8. The van der Waals surface area contributed by atoms with Gasteiger partial charge in [-0.05, 0) is 18.2 Å². The maximum Gasteiger partial charge on any atom is 0.417 e. The molecule has 0 fully saturated rings. The molecule has 124 valence electrons. The fourth-order valence-electron chi connectivity index (χ4n) is 2.10. The number of rotatable bonds is 3. The zero-order valence-electron chi connectivity index (χ0n) is 12.0. The van der Waals surface area contributed by atoms with Crippen LogP contribution < -0.4 is 5.32 Å². The number of pyridine rings is 2. The summed E-state index contributed by atoms with van der Waals surface area (Å²) in [6, 6.07) is 6.15. The number of amides is 1. The molecule has 3 aromatic rings. The molecule has 0 saturated heterocycles. The average molecular weight is 355 g/mol. The zero-order valence-corrected chi connectivity index (χ0v) is 12.8. The van der Waals surface area contributed by atoms with Crippen LogP contribution in [0.2, 0.25) is 5.02 Å². The van der Waals surface area contributed by atoms with Gasteiger partial charge in [0.25, 0.3) is 0 Å². The Morgan fingerprint density at radius 3 is 2.79 bits per heavy atom. The maximum absolute atomic E-state index is 12.6.